The van der Waals surface area contributed by atoms with Crippen LogP contribution in [-0.2, 0) is 22.4 Å². The minimum absolute atomic E-state index is 0.0174. The van der Waals surface area contributed by atoms with Crippen LogP contribution in [0.5, 0.6) is 0 Å². The molecule has 7 heteroatoms. The summed E-state index contributed by atoms with van der Waals surface area (Å²) in [4.78, 5) is 30.5. The number of carbonyl (C=O) groups excluding carboxylic acids is 2. The van der Waals surface area contributed by atoms with Crippen LogP contribution < -0.4 is 11.1 Å². The fourth-order valence-corrected chi connectivity index (χ4v) is 5.35. The maximum absolute atomic E-state index is 13.4. The number of nitrogens with zero attached hydrogens (tertiary/aromatic N) is 2. The van der Waals surface area contributed by atoms with E-state index in [0.29, 0.717) is 32.5 Å². The number of benzene rings is 3. The van der Waals surface area contributed by atoms with Crippen LogP contribution in [0.4, 0.5) is 4.39 Å². The second kappa shape index (κ2) is 12.3. The zero-order valence-electron chi connectivity index (χ0n) is 21.7. The van der Waals surface area contributed by atoms with Gasteiger partial charge in [0.1, 0.15) is 5.82 Å². The molecule has 3 atom stereocenters. The largest absolute Gasteiger partial charge is 0.358 e. The summed E-state index contributed by atoms with van der Waals surface area (Å²) in [5.41, 5.74) is 8.27. The summed E-state index contributed by atoms with van der Waals surface area (Å²) < 4.78 is 13.3. The molecule has 1 fully saturated rings. The number of fused-ring (bicyclic) bond motifs is 1. The molecule has 0 spiro atoms. The molecule has 0 bridgehead atoms. The molecule has 1 heterocycles. The van der Waals surface area contributed by atoms with Gasteiger partial charge in [-0.1, -0.05) is 67.9 Å². The van der Waals surface area contributed by atoms with Gasteiger partial charge < -0.3 is 16.0 Å². The van der Waals surface area contributed by atoms with Crippen molar-refractivity contribution in [2.45, 2.75) is 50.7 Å². The Morgan fingerprint density at radius 1 is 1.00 bits per heavy atom. The summed E-state index contributed by atoms with van der Waals surface area (Å²) in [5, 5.41) is 5.18. The number of hydrogen-bond donors (Lipinski definition) is 2. The highest BCUT2D eigenvalue weighted by Crippen LogP contribution is 2.22. The molecule has 3 aromatic carbocycles. The summed E-state index contributed by atoms with van der Waals surface area (Å²) >= 11 is 0. The van der Waals surface area contributed by atoms with E-state index in [0.717, 1.165) is 29.4 Å². The fourth-order valence-electron chi connectivity index (χ4n) is 5.35. The molecule has 1 aliphatic rings. The first-order chi connectivity index (χ1) is 17.9. The lowest BCUT2D eigenvalue weighted by atomic mass is 9.97. The number of rotatable bonds is 9. The molecule has 1 aliphatic heterocycles. The lowest BCUT2D eigenvalue weighted by Gasteiger charge is -2.44. The maximum Gasteiger partial charge on any atom is 0.240 e. The van der Waals surface area contributed by atoms with E-state index in [1.807, 2.05) is 17.0 Å². The molecule has 1 saturated heterocycles. The Morgan fingerprint density at radius 3 is 2.41 bits per heavy atom. The van der Waals surface area contributed by atoms with Crippen molar-refractivity contribution >= 4 is 22.6 Å². The summed E-state index contributed by atoms with van der Waals surface area (Å²) in [7, 11) is 1.67. The summed E-state index contributed by atoms with van der Waals surface area (Å²) in [6.07, 6.45) is 2.72. The highest BCUT2D eigenvalue weighted by molar-refractivity contribution is 5.85. The lowest BCUT2D eigenvalue weighted by Crippen LogP contribution is -2.62. The van der Waals surface area contributed by atoms with Crippen LogP contribution in [0.3, 0.4) is 0 Å². The van der Waals surface area contributed by atoms with E-state index in [1.165, 1.54) is 17.5 Å². The molecular formula is C30H37FN4O2. The third-order valence-corrected chi connectivity index (χ3v) is 7.34. The first kappa shape index (κ1) is 26.8. The van der Waals surface area contributed by atoms with Crippen molar-refractivity contribution in [2.24, 2.45) is 5.73 Å². The number of nitrogens with two attached hydrogens (primary N) is 1. The predicted octanol–water partition coefficient (Wildman–Crippen LogP) is 3.52. The van der Waals surface area contributed by atoms with Crippen LogP contribution in [0.15, 0.2) is 66.7 Å². The number of likely N-dealkylation sites (N-methyl/N-ethyl adjacent to an activating group) is 1. The van der Waals surface area contributed by atoms with Gasteiger partial charge in [0.05, 0.1) is 12.1 Å². The van der Waals surface area contributed by atoms with Crippen LogP contribution in [-0.4, -0.2) is 66.4 Å². The zero-order chi connectivity index (χ0) is 26.4. The van der Waals surface area contributed by atoms with Crippen molar-refractivity contribution < 1.29 is 14.0 Å². The van der Waals surface area contributed by atoms with Gasteiger partial charge in [0.15, 0.2) is 0 Å². The number of hydrogen-bond acceptors (Lipinski definition) is 4. The molecule has 4 rings (SSSR count). The Labute approximate surface area is 218 Å². The summed E-state index contributed by atoms with van der Waals surface area (Å²) in [6.45, 7) is 3.84. The average molecular weight is 505 g/mol. The third-order valence-electron chi connectivity index (χ3n) is 7.34. The fraction of sp³-hybridized carbons (Fsp3) is 0.400. The van der Waals surface area contributed by atoms with Crippen LogP contribution in [0.2, 0.25) is 0 Å². The van der Waals surface area contributed by atoms with Crippen molar-refractivity contribution in [3.05, 3.63) is 83.7 Å². The van der Waals surface area contributed by atoms with Gasteiger partial charge in [0.2, 0.25) is 11.8 Å². The molecule has 2 amide bonds. The molecule has 196 valence electrons. The monoisotopic (exact) mass is 504 g/mol. The first-order valence-corrected chi connectivity index (χ1v) is 13.1. The number of piperazine rings is 1. The molecule has 3 aromatic rings. The predicted molar refractivity (Wildman–Crippen MR) is 146 cm³/mol. The number of carbonyl (C=O) groups is 2. The second-order valence-electron chi connectivity index (χ2n) is 9.92. The van der Waals surface area contributed by atoms with Gasteiger partial charge >= 0.3 is 0 Å². The Balaban J connectivity index is 1.47. The lowest BCUT2D eigenvalue weighted by molar-refractivity contribution is -0.139. The van der Waals surface area contributed by atoms with E-state index in [9.17, 15) is 14.0 Å². The molecule has 0 radical (unpaired) electrons. The molecule has 6 nitrogen and oxygen atoms in total. The van der Waals surface area contributed by atoms with Crippen molar-refractivity contribution in [1.82, 2.24) is 15.1 Å². The minimum Gasteiger partial charge on any atom is -0.358 e. The topological polar surface area (TPSA) is 78.7 Å². The van der Waals surface area contributed by atoms with Crippen LogP contribution in [0.25, 0.3) is 10.8 Å². The smallest absolute Gasteiger partial charge is 0.240 e. The molecule has 0 aromatic heterocycles. The molecule has 3 unspecified atom stereocenters. The van der Waals surface area contributed by atoms with Crippen LogP contribution >= 0.6 is 0 Å². The Hall–Kier alpha value is -3.29. The van der Waals surface area contributed by atoms with E-state index in [2.05, 4.69) is 47.5 Å². The maximum atomic E-state index is 13.4. The van der Waals surface area contributed by atoms with Gasteiger partial charge in [-0.05, 0) is 53.3 Å². The minimum atomic E-state index is -0.691. The van der Waals surface area contributed by atoms with Gasteiger partial charge in [-0.25, -0.2) is 4.39 Å². The highest BCUT2D eigenvalue weighted by Gasteiger charge is 2.36. The zero-order valence-corrected chi connectivity index (χ0v) is 21.7. The molecule has 37 heavy (non-hydrogen) atoms. The average Bonchev–Trinajstić information content (AvgIpc) is 2.92. The van der Waals surface area contributed by atoms with Crippen molar-refractivity contribution in [2.75, 3.05) is 26.7 Å². The van der Waals surface area contributed by atoms with E-state index in [4.69, 9.17) is 5.73 Å². The van der Waals surface area contributed by atoms with E-state index in [-0.39, 0.29) is 29.7 Å². The van der Waals surface area contributed by atoms with E-state index < -0.39 is 6.04 Å². The number of halogens is 1. The normalized spacial score (nSPS) is 17.9. The molecule has 0 saturated carbocycles. The standard InChI is InChI=1S/C30H37FN4O2/c1-3-6-26-20-34(15-16-35(26)30(37)27(32)18-21-10-13-25(31)14-11-21)28(29(36)33-2)19-22-9-12-23-7-4-5-8-24(23)17-22/h4-5,7-14,17,26-28H,3,6,15-16,18-20,32H2,1-2H3,(H,33,36). The van der Waals surface area contributed by atoms with Crippen molar-refractivity contribution in [3.8, 4) is 0 Å². The van der Waals surface area contributed by atoms with Gasteiger partial charge in [0, 0.05) is 32.7 Å². The summed E-state index contributed by atoms with van der Waals surface area (Å²) in [5.74, 6) is -0.415. The summed E-state index contributed by atoms with van der Waals surface area (Å²) in [6, 6.07) is 19.7. The second-order valence-corrected chi connectivity index (χ2v) is 9.92. The number of nitrogens with one attached hydrogen (secondary N) is 1. The van der Waals surface area contributed by atoms with E-state index >= 15 is 0 Å². The van der Waals surface area contributed by atoms with Crippen molar-refractivity contribution in [1.29, 1.82) is 0 Å². The van der Waals surface area contributed by atoms with E-state index in [1.54, 1.807) is 19.2 Å². The third kappa shape index (κ3) is 6.53. The van der Waals surface area contributed by atoms with Crippen molar-refractivity contribution in [3.63, 3.8) is 0 Å². The first-order valence-electron chi connectivity index (χ1n) is 13.1. The quantitative estimate of drug-likeness (QED) is 0.468. The van der Waals surface area contributed by atoms with Gasteiger partial charge in [-0.15, -0.1) is 0 Å². The van der Waals surface area contributed by atoms with Gasteiger partial charge in [-0.3, -0.25) is 14.5 Å². The van der Waals surface area contributed by atoms with Gasteiger partial charge in [-0.2, -0.15) is 0 Å². The SMILES string of the molecule is CCCC1CN(C(Cc2ccc3ccccc3c2)C(=O)NC)CCN1C(=O)C(N)Cc1ccc(F)cc1. The Bertz CT molecular complexity index is 1220. The number of amides is 2. The Morgan fingerprint density at radius 2 is 1.70 bits per heavy atom. The van der Waals surface area contributed by atoms with Gasteiger partial charge in [0.25, 0.3) is 0 Å². The van der Waals surface area contributed by atoms with Crippen LogP contribution in [0, 0.1) is 5.82 Å². The molecule has 3 N–H and O–H groups in total. The van der Waals surface area contributed by atoms with Crippen LogP contribution in [0.1, 0.15) is 30.9 Å². The Kier molecular flexibility index (Phi) is 8.90. The molecular weight excluding hydrogens is 467 g/mol. The molecule has 0 aliphatic carbocycles. The highest BCUT2D eigenvalue weighted by atomic mass is 19.1.